The van der Waals surface area contributed by atoms with Crippen LogP contribution in [-0.2, 0) is 0 Å². The lowest BCUT2D eigenvalue weighted by atomic mass is 10.3. The van der Waals surface area contributed by atoms with E-state index in [0.717, 1.165) is 18.9 Å². The molecule has 1 N–H and O–H groups in total. The molecular weight excluding hydrogens is 291 g/mol. The molecule has 1 aromatic carbocycles. The van der Waals surface area contributed by atoms with Crippen LogP contribution in [0.3, 0.4) is 0 Å². The predicted molar refractivity (Wildman–Crippen MR) is 68.6 cm³/mol. The van der Waals surface area contributed by atoms with E-state index in [1.807, 2.05) is 0 Å². The van der Waals surface area contributed by atoms with Crippen LogP contribution < -0.4 is 5.32 Å². The first-order chi connectivity index (χ1) is 9.52. The number of halogens is 4. The summed E-state index contributed by atoms with van der Waals surface area (Å²) in [5, 5.41) is 2.80. The molecule has 1 aliphatic carbocycles. The normalized spacial score (nSPS) is 14.4. The summed E-state index contributed by atoms with van der Waals surface area (Å²) in [5.74, 6) is -2.21. The molecule has 1 fully saturated rings. The summed E-state index contributed by atoms with van der Waals surface area (Å²) in [4.78, 5) is 8.27. The van der Waals surface area contributed by atoms with Gasteiger partial charge in [-0.05, 0) is 12.8 Å². The largest absolute Gasteiger partial charge is 0.338 e. The Morgan fingerprint density at radius 2 is 1.70 bits per heavy atom. The Balaban J connectivity index is 1.92. The second kappa shape index (κ2) is 4.94. The second-order valence-corrected chi connectivity index (χ2v) is 4.97. The highest BCUT2D eigenvalue weighted by Gasteiger charge is 2.27. The maximum atomic E-state index is 13.5. The van der Waals surface area contributed by atoms with Crippen molar-refractivity contribution in [2.75, 3.05) is 5.32 Å². The Bertz CT molecular complexity index is 674. The van der Waals surface area contributed by atoms with Crippen LogP contribution in [-0.4, -0.2) is 9.97 Å². The molecule has 0 bridgehead atoms. The minimum atomic E-state index is -1.24. The minimum Gasteiger partial charge on any atom is -0.338 e. The summed E-state index contributed by atoms with van der Waals surface area (Å²) in [6.45, 7) is 0. The maximum absolute atomic E-state index is 13.5. The quantitative estimate of drug-likeness (QED) is 0.683. The molecule has 0 spiro atoms. The molecule has 7 heteroatoms. The van der Waals surface area contributed by atoms with E-state index in [1.54, 1.807) is 0 Å². The second-order valence-electron chi connectivity index (χ2n) is 4.58. The molecule has 0 saturated heterocycles. The Morgan fingerprint density at radius 1 is 1.00 bits per heavy atom. The van der Waals surface area contributed by atoms with Gasteiger partial charge in [0.15, 0.2) is 11.6 Å². The number of rotatable bonds is 3. The van der Waals surface area contributed by atoms with Gasteiger partial charge in [0.2, 0.25) is 0 Å². The molecule has 0 aliphatic heterocycles. The molecule has 0 radical (unpaired) electrons. The highest BCUT2D eigenvalue weighted by molar-refractivity contribution is 6.29. The zero-order valence-electron chi connectivity index (χ0n) is 10.1. The van der Waals surface area contributed by atoms with Gasteiger partial charge < -0.3 is 5.32 Å². The molecule has 1 aromatic heterocycles. The Labute approximate surface area is 117 Å². The number of nitrogens with one attached hydrogen (secondary N) is 1. The van der Waals surface area contributed by atoms with Crippen LogP contribution in [0, 0.1) is 17.5 Å². The third-order valence-electron chi connectivity index (χ3n) is 2.93. The zero-order valence-corrected chi connectivity index (χ0v) is 10.9. The summed E-state index contributed by atoms with van der Waals surface area (Å²) in [6.07, 6.45) is 1.97. The number of benzene rings is 1. The van der Waals surface area contributed by atoms with Crippen molar-refractivity contribution in [2.45, 2.75) is 18.8 Å². The van der Waals surface area contributed by atoms with E-state index in [9.17, 15) is 13.2 Å². The van der Waals surface area contributed by atoms with Gasteiger partial charge in [-0.2, -0.15) is 0 Å². The van der Waals surface area contributed by atoms with Gasteiger partial charge >= 0.3 is 0 Å². The third-order valence-corrected chi connectivity index (χ3v) is 3.12. The smallest absolute Gasteiger partial charge is 0.161 e. The molecule has 1 saturated carbocycles. The van der Waals surface area contributed by atoms with Crippen molar-refractivity contribution in [1.29, 1.82) is 0 Å². The van der Waals surface area contributed by atoms with E-state index >= 15 is 0 Å². The Kier molecular flexibility index (Phi) is 3.25. The van der Waals surface area contributed by atoms with Crippen LogP contribution in [0.15, 0.2) is 18.2 Å². The topological polar surface area (TPSA) is 37.8 Å². The minimum absolute atomic E-state index is 0.208. The number of anilines is 2. The Hall–Kier alpha value is -1.82. The fraction of sp³-hybridized carbons (Fsp3) is 0.231. The van der Waals surface area contributed by atoms with Crippen LogP contribution >= 0.6 is 11.6 Å². The van der Waals surface area contributed by atoms with Gasteiger partial charge in [0.25, 0.3) is 0 Å². The first-order valence-electron chi connectivity index (χ1n) is 5.99. The zero-order chi connectivity index (χ0) is 14.3. The van der Waals surface area contributed by atoms with Crippen molar-refractivity contribution in [1.82, 2.24) is 9.97 Å². The van der Waals surface area contributed by atoms with Crippen molar-refractivity contribution < 1.29 is 13.2 Å². The fourth-order valence-electron chi connectivity index (χ4n) is 1.78. The number of hydrogen-bond donors (Lipinski definition) is 1. The average molecular weight is 300 g/mol. The van der Waals surface area contributed by atoms with Gasteiger partial charge in [-0.3, -0.25) is 0 Å². The molecule has 0 unspecified atom stereocenters. The average Bonchev–Trinajstić information content (AvgIpc) is 3.19. The van der Waals surface area contributed by atoms with E-state index in [2.05, 4.69) is 15.3 Å². The van der Waals surface area contributed by atoms with Crippen molar-refractivity contribution >= 4 is 23.1 Å². The number of hydrogen-bond acceptors (Lipinski definition) is 3. The van der Waals surface area contributed by atoms with Crippen LogP contribution in [0.2, 0.25) is 5.15 Å². The van der Waals surface area contributed by atoms with E-state index in [4.69, 9.17) is 11.6 Å². The van der Waals surface area contributed by atoms with Gasteiger partial charge in [0, 0.05) is 24.1 Å². The SMILES string of the molecule is Fc1cc(F)c(Nc2cc(Cl)nc(C3CC3)n2)cc1F. The third kappa shape index (κ3) is 2.70. The Morgan fingerprint density at radius 3 is 2.40 bits per heavy atom. The molecule has 2 aromatic rings. The van der Waals surface area contributed by atoms with E-state index in [-0.39, 0.29) is 22.6 Å². The molecule has 1 aliphatic rings. The predicted octanol–water partition coefficient (Wildman–Crippen LogP) is 4.17. The van der Waals surface area contributed by atoms with Crippen LogP contribution in [0.5, 0.6) is 0 Å². The van der Waals surface area contributed by atoms with Crippen molar-refractivity contribution in [3.63, 3.8) is 0 Å². The fourth-order valence-corrected chi connectivity index (χ4v) is 1.97. The van der Waals surface area contributed by atoms with Crippen LogP contribution in [0.25, 0.3) is 0 Å². The highest BCUT2D eigenvalue weighted by Crippen LogP contribution is 2.39. The first kappa shape index (κ1) is 13.2. The lowest BCUT2D eigenvalue weighted by Crippen LogP contribution is -2.02. The summed E-state index contributed by atoms with van der Waals surface area (Å²) in [5.41, 5.74) is -0.208. The van der Waals surface area contributed by atoms with Gasteiger partial charge in [0.1, 0.15) is 22.6 Å². The lowest BCUT2D eigenvalue weighted by Gasteiger charge is -2.09. The monoisotopic (exact) mass is 299 g/mol. The molecule has 1 heterocycles. The van der Waals surface area contributed by atoms with Crippen molar-refractivity contribution in [2.24, 2.45) is 0 Å². The molecule has 3 rings (SSSR count). The van der Waals surface area contributed by atoms with Gasteiger partial charge in [-0.1, -0.05) is 11.6 Å². The molecule has 0 atom stereocenters. The molecule has 104 valence electrons. The standard InChI is InChI=1S/C13H9ClF3N3/c14-11-5-12(20-13(19-11)6-1-2-6)18-10-4-8(16)7(15)3-9(10)17/h3-6H,1-2H2,(H,18,19,20). The molecule has 0 amide bonds. The molecular formula is C13H9ClF3N3. The maximum Gasteiger partial charge on any atom is 0.161 e. The number of aromatic nitrogens is 2. The summed E-state index contributed by atoms with van der Waals surface area (Å²) in [7, 11) is 0. The molecule has 3 nitrogen and oxygen atoms in total. The lowest BCUT2D eigenvalue weighted by molar-refractivity contribution is 0.496. The van der Waals surface area contributed by atoms with Crippen LogP contribution in [0.4, 0.5) is 24.7 Å². The van der Waals surface area contributed by atoms with E-state index in [0.29, 0.717) is 11.9 Å². The number of nitrogens with zero attached hydrogens (tertiary/aromatic N) is 2. The van der Waals surface area contributed by atoms with Crippen molar-refractivity contribution in [3.8, 4) is 0 Å². The van der Waals surface area contributed by atoms with Gasteiger partial charge in [-0.25, -0.2) is 23.1 Å². The van der Waals surface area contributed by atoms with Gasteiger partial charge in [-0.15, -0.1) is 0 Å². The summed E-state index contributed by atoms with van der Waals surface area (Å²) < 4.78 is 39.5. The first-order valence-corrected chi connectivity index (χ1v) is 6.37. The summed E-state index contributed by atoms with van der Waals surface area (Å²) in [6, 6.07) is 2.61. The van der Waals surface area contributed by atoms with Crippen molar-refractivity contribution in [3.05, 3.63) is 46.6 Å². The highest BCUT2D eigenvalue weighted by atomic mass is 35.5. The van der Waals surface area contributed by atoms with E-state index < -0.39 is 17.5 Å². The molecule has 20 heavy (non-hydrogen) atoms. The van der Waals surface area contributed by atoms with Crippen LogP contribution in [0.1, 0.15) is 24.6 Å². The van der Waals surface area contributed by atoms with E-state index in [1.165, 1.54) is 6.07 Å². The van der Waals surface area contributed by atoms with Gasteiger partial charge in [0.05, 0.1) is 5.69 Å². The summed E-state index contributed by atoms with van der Waals surface area (Å²) >= 11 is 5.87.